The molecule has 0 radical (unpaired) electrons. The Balaban J connectivity index is 1.58. The molecule has 3 aromatic heterocycles. The third-order valence-corrected chi connectivity index (χ3v) is 5.71. The molecule has 0 aliphatic carbocycles. The minimum Gasteiger partial charge on any atom is -0.396 e. The van der Waals surface area contributed by atoms with Crippen molar-refractivity contribution >= 4 is 16.7 Å². The molecule has 2 aromatic carbocycles. The molecule has 33 heavy (non-hydrogen) atoms. The van der Waals surface area contributed by atoms with Crippen LogP contribution in [0.3, 0.4) is 0 Å². The molecule has 4 N–H and O–H groups in total. The van der Waals surface area contributed by atoms with Crippen LogP contribution in [0.1, 0.15) is 23.6 Å². The number of imidazole rings is 2. The zero-order valence-electron chi connectivity index (χ0n) is 18.1. The number of benzene rings is 2. The molecule has 0 aliphatic rings. The van der Waals surface area contributed by atoms with Gasteiger partial charge >= 0.3 is 0 Å². The van der Waals surface area contributed by atoms with E-state index in [4.69, 9.17) is 4.98 Å². The van der Waals surface area contributed by atoms with Crippen LogP contribution in [0, 0.1) is 6.92 Å². The number of rotatable bonds is 7. The van der Waals surface area contributed by atoms with Gasteiger partial charge in [0.1, 0.15) is 11.4 Å². The number of aliphatic hydroxyl groups is 1. The molecule has 5 aromatic rings. The molecule has 0 saturated carbocycles. The maximum Gasteiger partial charge on any atom is 0.261 e. The smallest absolute Gasteiger partial charge is 0.261 e. The monoisotopic (exact) mass is 440 g/mol. The molecule has 0 saturated heterocycles. The second-order valence-corrected chi connectivity index (χ2v) is 7.93. The van der Waals surface area contributed by atoms with Crippen molar-refractivity contribution in [3.63, 3.8) is 0 Å². The largest absolute Gasteiger partial charge is 0.396 e. The molecule has 166 valence electrons. The first-order valence-corrected chi connectivity index (χ1v) is 10.8. The Labute approximate surface area is 190 Å². The highest BCUT2D eigenvalue weighted by atomic mass is 16.3. The van der Waals surface area contributed by atoms with E-state index in [-0.39, 0.29) is 18.2 Å². The maximum absolute atomic E-state index is 12.9. The first-order chi connectivity index (χ1) is 16.1. The Hall–Kier alpha value is -4.17. The van der Waals surface area contributed by atoms with E-state index in [2.05, 4.69) is 20.3 Å². The van der Waals surface area contributed by atoms with Crippen molar-refractivity contribution in [3.8, 4) is 17.1 Å². The minimum atomic E-state index is -0.248. The number of aliphatic hydroxyl groups excluding tert-OH is 1. The van der Waals surface area contributed by atoms with Gasteiger partial charge in [0.05, 0.1) is 29.1 Å². The van der Waals surface area contributed by atoms with Crippen LogP contribution in [0.4, 0.5) is 5.69 Å². The fraction of sp³-hybridized carbons (Fsp3) is 0.160. The van der Waals surface area contributed by atoms with Crippen molar-refractivity contribution in [2.24, 2.45) is 0 Å². The molecular formula is C25H24N6O2. The molecule has 8 nitrogen and oxygen atoms in total. The Morgan fingerprint density at radius 2 is 2.03 bits per heavy atom. The van der Waals surface area contributed by atoms with Gasteiger partial charge in [-0.2, -0.15) is 0 Å². The number of aromatic nitrogens is 5. The van der Waals surface area contributed by atoms with E-state index in [9.17, 15) is 9.90 Å². The van der Waals surface area contributed by atoms with Gasteiger partial charge in [-0.1, -0.05) is 30.3 Å². The van der Waals surface area contributed by atoms with Crippen LogP contribution in [-0.4, -0.2) is 36.2 Å². The lowest BCUT2D eigenvalue weighted by Crippen LogP contribution is -2.17. The zero-order chi connectivity index (χ0) is 22.8. The van der Waals surface area contributed by atoms with Gasteiger partial charge in [0.2, 0.25) is 0 Å². The number of aromatic amines is 2. The highest BCUT2D eigenvalue weighted by Crippen LogP contribution is 2.30. The van der Waals surface area contributed by atoms with Crippen molar-refractivity contribution in [2.75, 3.05) is 11.9 Å². The molecule has 5 rings (SSSR count). The average molecular weight is 441 g/mol. The van der Waals surface area contributed by atoms with Crippen LogP contribution in [0.25, 0.3) is 28.1 Å². The molecule has 0 spiro atoms. The quantitative estimate of drug-likeness (QED) is 0.306. The molecule has 0 unspecified atom stereocenters. The van der Waals surface area contributed by atoms with E-state index in [0.29, 0.717) is 23.5 Å². The molecule has 8 heteroatoms. The molecular weight excluding hydrogens is 416 g/mol. The fourth-order valence-electron chi connectivity index (χ4n) is 4.11. The summed E-state index contributed by atoms with van der Waals surface area (Å²) in [6.45, 7) is 2.01. The normalized spacial score (nSPS) is 12.2. The van der Waals surface area contributed by atoms with Gasteiger partial charge in [0, 0.05) is 30.9 Å². The topological polar surface area (TPSA) is 112 Å². The summed E-state index contributed by atoms with van der Waals surface area (Å²) < 4.78 is 1.93. The number of aryl methyl sites for hydroxylation is 1. The average Bonchev–Trinajstić information content (AvgIpc) is 3.50. The highest BCUT2D eigenvalue weighted by molar-refractivity contribution is 5.86. The molecule has 0 amide bonds. The minimum absolute atomic E-state index is 0.0198. The van der Waals surface area contributed by atoms with E-state index in [1.807, 2.05) is 66.2 Å². The second kappa shape index (κ2) is 8.76. The first kappa shape index (κ1) is 20.7. The summed E-state index contributed by atoms with van der Waals surface area (Å²) in [7, 11) is 0. The van der Waals surface area contributed by atoms with Crippen molar-refractivity contribution < 1.29 is 5.11 Å². The Morgan fingerprint density at radius 1 is 1.18 bits per heavy atom. The molecule has 1 atom stereocenters. The predicted molar refractivity (Wildman–Crippen MR) is 129 cm³/mol. The van der Waals surface area contributed by atoms with E-state index in [0.717, 1.165) is 27.8 Å². The van der Waals surface area contributed by atoms with Crippen molar-refractivity contribution in [2.45, 2.75) is 19.4 Å². The van der Waals surface area contributed by atoms with E-state index in [1.54, 1.807) is 18.7 Å². The van der Waals surface area contributed by atoms with E-state index >= 15 is 0 Å². The van der Waals surface area contributed by atoms with Gasteiger partial charge in [-0.25, -0.2) is 9.97 Å². The standard InChI is InChI=1S/C25H24N6O2/c1-16-13-18(31-11-10-26-15-31)14-21-23(16)30-24(29-21)22-20(7-9-27-25(22)33)28-19(8-12-32)17-5-3-2-4-6-17/h2-7,9-11,13-15,19,32H,8,12H2,1H3,(H,29,30)(H2,27,28,33)/t19-/m0/s1. The van der Waals surface area contributed by atoms with Crippen LogP contribution in [-0.2, 0) is 0 Å². The van der Waals surface area contributed by atoms with Gasteiger partial charge in [0.15, 0.2) is 0 Å². The Morgan fingerprint density at radius 3 is 2.79 bits per heavy atom. The number of anilines is 1. The summed E-state index contributed by atoms with van der Waals surface area (Å²) in [6.07, 6.45) is 7.47. The molecule has 0 bridgehead atoms. The van der Waals surface area contributed by atoms with Crippen LogP contribution >= 0.6 is 0 Å². The Kier molecular flexibility index (Phi) is 5.50. The number of H-pyrrole nitrogens is 2. The number of nitrogens with zero attached hydrogens (tertiary/aromatic N) is 3. The highest BCUT2D eigenvalue weighted by Gasteiger charge is 2.19. The third kappa shape index (κ3) is 4.04. The predicted octanol–water partition coefficient (Wildman–Crippen LogP) is 3.95. The second-order valence-electron chi connectivity index (χ2n) is 7.93. The van der Waals surface area contributed by atoms with Crippen molar-refractivity contribution in [1.82, 2.24) is 24.5 Å². The van der Waals surface area contributed by atoms with Gasteiger partial charge in [0.25, 0.3) is 5.56 Å². The first-order valence-electron chi connectivity index (χ1n) is 10.8. The Bertz CT molecular complexity index is 1440. The number of fused-ring (bicyclic) bond motifs is 1. The lowest BCUT2D eigenvalue weighted by Gasteiger charge is -2.21. The number of pyridine rings is 1. The van der Waals surface area contributed by atoms with Gasteiger partial charge in [-0.15, -0.1) is 0 Å². The number of hydrogen-bond acceptors (Lipinski definition) is 5. The third-order valence-electron chi connectivity index (χ3n) is 5.71. The lowest BCUT2D eigenvalue weighted by atomic mass is 10.0. The van der Waals surface area contributed by atoms with Gasteiger partial charge < -0.3 is 25.0 Å². The van der Waals surface area contributed by atoms with E-state index in [1.165, 1.54) is 0 Å². The summed E-state index contributed by atoms with van der Waals surface area (Å²) in [6, 6.07) is 15.6. The van der Waals surface area contributed by atoms with Crippen LogP contribution in [0.2, 0.25) is 0 Å². The van der Waals surface area contributed by atoms with Gasteiger partial charge in [-0.3, -0.25) is 4.79 Å². The summed E-state index contributed by atoms with van der Waals surface area (Å²) in [5, 5.41) is 13.1. The van der Waals surface area contributed by atoms with E-state index < -0.39 is 0 Å². The van der Waals surface area contributed by atoms with Crippen LogP contribution < -0.4 is 10.9 Å². The molecule has 0 aliphatic heterocycles. The summed E-state index contributed by atoms with van der Waals surface area (Å²) in [5.41, 5.74) is 5.44. The zero-order valence-corrected chi connectivity index (χ0v) is 18.1. The fourth-order valence-corrected chi connectivity index (χ4v) is 4.11. The summed E-state index contributed by atoms with van der Waals surface area (Å²) in [5.74, 6) is 0.482. The van der Waals surface area contributed by atoms with Gasteiger partial charge in [-0.05, 0) is 42.7 Å². The SMILES string of the molecule is Cc1cc(-n2ccnc2)cc2[nH]c(-c3c(N[C@@H](CCO)c4ccccc4)cc[nH]c3=O)nc12. The lowest BCUT2D eigenvalue weighted by molar-refractivity contribution is 0.280. The number of hydrogen-bond donors (Lipinski definition) is 4. The molecule has 0 fully saturated rings. The number of nitrogens with one attached hydrogen (secondary N) is 3. The van der Waals surface area contributed by atoms with Crippen molar-refractivity contribution in [3.05, 3.63) is 94.9 Å². The van der Waals surface area contributed by atoms with Crippen molar-refractivity contribution in [1.29, 1.82) is 0 Å². The van der Waals surface area contributed by atoms with Crippen LogP contribution in [0.15, 0.2) is 78.2 Å². The maximum atomic E-state index is 12.9. The summed E-state index contributed by atoms with van der Waals surface area (Å²) >= 11 is 0. The summed E-state index contributed by atoms with van der Waals surface area (Å²) in [4.78, 5) is 27.9. The molecule has 3 heterocycles. The van der Waals surface area contributed by atoms with Crippen LogP contribution in [0.5, 0.6) is 0 Å².